The number of rotatable bonds is 6. The molecule has 0 radical (unpaired) electrons. The van der Waals surface area contributed by atoms with Crippen LogP contribution >= 0.6 is 0 Å². The molecule has 1 aromatic heterocycles. The second kappa shape index (κ2) is 4.84. The van der Waals surface area contributed by atoms with E-state index in [0.717, 1.165) is 18.2 Å². The quantitative estimate of drug-likeness (QED) is 0.773. The Morgan fingerprint density at radius 3 is 2.87 bits per heavy atom. The molecule has 0 aliphatic heterocycles. The Hall–Kier alpha value is -0.760. The van der Waals surface area contributed by atoms with Gasteiger partial charge in [0.1, 0.15) is 5.76 Å². The van der Waals surface area contributed by atoms with Gasteiger partial charge in [0.25, 0.3) is 0 Å². The number of furan rings is 1. The Morgan fingerprint density at radius 2 is 2.33 bits per heavy atom. The average Bonchev–Trinajstić information content (AvgIpc) is 2.96. The van der Waals surface area contributed by atoms with Crippen molar-refractivity contribution in [3.05, 3.63) is 23.7 Å². The summed E-state index contributed by atoms with van der Waals surface area (Å²) in [7, 11) is 0. The molecule has 1 aliphatic rings. The molecule has 1 aliphatic carbocycles. The lowest BCUT2D eigenvalue weighted by Crippen LogP contribution is -2.21. The second-order valence-corrected chi connectivity index (χ2v) is 4.56. The maximum atomic E-state index is 5.37. The molecule has 1 saturated carbocycles. The number of aryl methyl sites for hydroxylation is 1. The van der Waals surface area contributed by atoms with Gasteiger partial charge < -0.3 is 9.73 Å². The van der Waals surface area contributed by atoms with Crippen LogP contribution in [-0.2, 0) is 0 Å². The van der Waals surface area contributed by atoms with E-state index >= 15 is 0 Å². The molecule has 0 bridgehead atoms. The van der Waals surface area contributed by atoms with E-state index in [1.807, 2.05) is 0 Å². The van der Waals surface area contributed by atoms with Gasteiger partial charge in [0.15, 0.2) is 0 Å². The van der Waals surface area contributed by atoms with Gasteiger partial charge in [-0.25, -0.2) is 0 Å². The molecule has 2 rings (SSSR count). The summed E-state index contributed by atoms with van der Waals surface area (Å²) in [5, 5.41) is 3.55. The van der Waals surface area contributed by atoms with E-state index in [0.29, 0.717) is 6.04 Å². The van der Waals surface area contributed by atoms with Crippen molar-refractivity contribution >= 4 is 0 Å². The minimum absolute atomic E-state index is 0.495. The van der Waals surface area contributed by atoms with Crippen LogP contribution in [0.2, 0.25) is 0 Å². The molecule has 84 valence electrons. The van der Waals surface area contributed by atoms with E-state index in [1.165, 1.54) is 31.2 Å². The van der Waals surface area contributed by atoms with Crippen molar-refractivity contribution in [1.82, 2.24) is 5.32 Å². The molecule has 2 heteroatoms. The molecule has 1 unspecified atom stereocenters. The fourth-order valence-electron chi connectivity index (χ4n) is 2.18. The standard InChI is InChI=1S/C13H21NO/c1-3-14-13(7-6-11-4-5-11)12-8-9-15-10(12)2/h8-9,11,13-14H,3-7H2,1-2H3. The average molecular weight is 207 g/mol. The molecule has 0 saturated heterocycles. The van der Waals surface area contributed by atoms with Gasteiger partial charge >= 0.3 is 0 Å². The molecule has 1 heterocycles. The van der Waals surface area contributed by atoms with E-state index < -0.39 is 0 Å². The molecule has 1 N–H and O–H groups in total. The number of hydrogen-bond acceptors (Lipinski definition) is 2. The molecule has 1 aromatic rings. The third kappa shape index (κ3) is 2.85. The molecule has 0 spiro atoms. The minimum atomic E-state index is 0.495. The molecular weight excluding hydrogens is 186 g/mol. The fraction of sp³-hybridized carbons (Fsp3) is 0.692. The topological polar surface area (TPSA) is 25.2 Å². The Morgan fingerprint density at radius 1 is 1.53 bits per heavy atom. The van der Waals surface area contributed by atoms with E-state index in [2.05, 4.69) is 25.2 Å². The zero-order chi connectivity index (χ0) is 10.7. The van der Waals surface area contributed by atoms with Gasteiger partial charge in [-0.05, 0) is 38.3 Å². The van der Waals surface area contributed by atoms with Gasteiger partial charge in [-0.1, -0.05) is 19.8 Å². The number of nitrogens with one attached hydrogen (secondary N) is 1. The van der Waals surface area contributed by atoms with Crippen LogP contribution in [0.15, 0.2) is 16.7 Å². The monoisotopic (exact) mass is 207 g/mol. The van der Waals surface area contributed by atoms with Crippen LogP contribution in [0, 0.1) is 12.8 Å². The van der Waals surface area contributed by atoms with E-state index in [-0.39, 0.29) is 0 Å². The zero-order valence-corrected chi connectivity index (χ0v) is 9.75. The first-order chi connectivity index (χ1) is 7.31. The second-order valence-electron chi connectivity index (χ2n) is 4.56. The van der Waals surface area contributed by atoms with Crippen LogP contribution in [0.25, 0.3) is 0 Å². The van der Waals surface area contributed by atoms with Gasteiger partial charge in [-0.2, -0.15) is 0 Å². The molecular formula is C13H21NO. The van der Waals surface area contributed by atoms with Gasteiger partial charge in [-0.3, -0.25) is 0 Å². The van der Waals surface area contributed by atoms with Crippen molar-refractivity contribution in [3.63, 3.8) is 0 Å². The summed E-state index contributed by atoms with van der Waals surface area (Å²) in [4.78, 5) is 0. The van der Waals surface area contributed by atoms with E-state index in [1.54, 1.807) is 6.26 Å². The SMILES string of the molecule is CCNC(CCC1CC1)c1ccoc1C. The maximum Gasteiger partial charge on any atom is 0.105 e. The van der Waals surface area contributed by atoms with Crippen LogP contribution in [0.5, 0.6) is 0 Å². The van der Waals surface area contributed by atoms with Crippen LogP contribution < -0.4 is 5.32 Å². The van der Waals surface area contributed by atoms with Crippen molar-refractivity contribution in [2.45, 2.75) is 45.6 Å². The molecule has 0 aromatic carbocycles. The number of hydrogen-bond donors (Lipinski definition) is 1. The summed E-state index contributed by atoms with van der Waals surface area (Å²) >= 11 is 0. The highest BCUT2D eigenvalue weighted by molar-refractivity contribution is 5.20. The van der Waals surface area contributed by atoms with Gasteiger partial charge in [0.2, 0.25) is 0 Å². The smallest absolute Gasteiger partial charge is 0.105 e. The van der Waals surface area contributed by atoms with Crippen LogP contribution in [0.3, 0.4) is 0 Å². The molecule has 1 fully saturated rings. The third-order valence-corrected chi connectivity index (χ3v) is 3.29. The summed E-state index contributed by atoms with van der Waals surface area (Å²) < 4.78 is 5.37. The van der Waals surface area contributed by atoms with Crippen LogP contribution in [0.1, 0.15) is 50.0 Å². The predicted octanol–water partition coefficient (Wildman–Crippen LogP) is 3.43. The molecule has 15 heavy (non-hydrogen) atoms. The lowest BCUT2D eigenvalue weighted by atomic mass is 10.0. The van der Waals surface area contributed by atoms with E-state index in [4.69, 9.17) is 4.42 Å². The van der Waals surface area contributed by atoms with Crippen molar-refractivity contribution in [1.29, 1.82) is 0 Å². The Labute approximate surface area is 92.1 Å². The Bertz CT molecular complexity index is 301. The van der Waals surface area contributed by atoms with Crippen molar-refractivity contribution in [2.75, 3.05) is 6.54 Å². The first-order valence-electron chi connectivity index (χ1n) is 6.08. The summed E-state index contributed by atoms with van der Waals surface area (Å²) in [6, 6.07) is 2.60. The largest absolute Gasteiger partial charge is 0.469 e. The molecule has 2 nitrogen and oxygen atoms in total. The van der Waals surface area contributed by atoms with E-state index in [9.17, 15) is 0 Å². The first kappa shape index (κ1) is 10.7. The highest BCUT2D eigenvalue weighted by Gasteiger charge is 2.23. The normalized spacial score (nSPS) is 18.0. The predicted molar refractivity (Wildman–Crippen MR) is 61.8 cm³/mol. The first-order valence-corrected chi connectivity index (χ1v) is 6.08. The Balaban J connectivity index is 1.94. The lowest BCUT2D eigenvalue weighted by molar-refractivity contribution is 0.464. The zero-order valence-electron chi connectivity index (χ0n) is 9.75. The minimum Gasteiger partial charge on any atom is -0.469 e. The lowest BCUT2D eigenvalue weighted by Gasteiger charge is -2.17. The molecule has 0 amide bonds. The molecule has 1 atom stereocenters. The fourth-order valence-corrected chi connectivity index (χ4v) is 2.18. The van der Waals surface area contributed by atoms with Crippen LogP contribution in [-0.4, -0.2) is 6.54 Å². The van der Waals surface area contributed by atoms with Crippen LogP contribution in [0.4, 0.5) is 0 Å². The Kier molecular flexibility index (Phi) is 3.47. The highest BCUT2D eigenvalue weighted by Crippen LogP contribution is 2.36. The van der Waals surface area contributed by atoms with Crippen molar-refractivity contribution in [2.24, 2.45) is 5.92 Å². The van der Waals surface area contributed by atoms with Crippen molar-refractivity contribution in [3.8, 4) is 0 Å². The highest BCUT2D eigenvalue weighted by atomic mass is 16.3. The van der Waals surface area contributed by atoms with Gasteiger partial charge in [-0.15, -0.1) is 0 Å². The summed E-state index contributed by atoms with van der Waals surface area (Å²) in [5.74, 6) is 2.08. The van der Waals surface area contributed by atoms with Gasteiger partial charge in [0.05, 0.1) is 6.26 Å². The summed E-state index contributed by atoms with van der Waals surface area (Å²) in [6.07, 6.45) is 7.31. The maximum absolute atomic E-state index is 5.37. The summed E-state index contributed by atoms with van der Waals surface area (Å²) in [5.41, 5.74) is 1.34. The van der Waals surface area contributed by atoms with Gasteiger partial charge in [0, 0.05) is 11.6 Å². The summed E-state index contributed by atoms with van der Waals surface area (Å²) in [6.45, 7) is 5.25. The third-order valence-electron chi connectivity index (χ3n) is 3.29. The van der Waals surface area contributed by atoms with Crippen molar-refractivity contribution < 1.29 is 4.42 Å².